The van der Waals surface area contributed by atoms with Crippen LogP contribution in [0, 0.1) is 50.7 Å². The molecule has 1 aliphatic heterocycles. The fourth-order valence-electron chi connectivity index (χ4n) is 4.48. The summed E-state index contributed by atoms with van der Waals surface area (Å²) in [4.78, 5) is 2.12. The molecule has 0 amide bonds. The third-order valence-corrected chi connectivity index (χ3v) is 5.79. The first-order valence-corrected chi connectivity index (χ1v) is 8.93. The molecule has 28 heavy (non-hydrogen) atoms. The van der Waals surface area contributed by atoms with Gasteiger partial charge in [0.2, 0.25) is 0 Å². The van der Waals surface area contributed by atoms with Crippen LogP contribution in [-0.2, 0) is 0 Å². The number of ether oxygens (including phenoxy) is 2. The molecule has 1 heterocycles. The topological polar surface area (TPSA) is 117 Å². The van der Waals surface area contributed by atoms with Gasteiger partial charge in [0.15, 0.2) is 16.9 Å². The van der Waals surface area contributed by atoms with Crippen LogP contribution in [0.25, 0.3) is 0 Å². The van der Waals surface area contributed by atoms with Crippen molar-refractivity contribution in [1.82, 2.24) is 4.90 Å². The molecule has 2 aliphatic rings. The molecule has 1 saturated heterocycles. The largest absolute Gasteiger partial charge is 0.493 e. The minimum absolute atomic E-state index is 0.180. The van der Waals surface area contributed by atoms with E-state index in [2.05, 4.69) is 23.1 Å². The number of rotatable bonds is 3. The molecule has 7 nitrogen and oxygen atoms in total. The van der Waals surface area contributed by atoms with E-state index in [0.717, 1.165) is 12.1 Å². The lowest BCUT2D eigenvalue weighted by Gasteiger charge is -2.46. The molecule has 1 aromatic rings. The number of nitrogens with zero attached hydrogens (tertiary/aromatic N) is 4. The number of nitriles is 3. The molecule has 0 spiro atoms. The zero-order valence-electron chi connectivity index (χ0n) is 16.1. The Morgan fingerprint density at radius 2 is 1.89 bits per heavy atom. The smallest absolute Gasteiger partial charge is 0.193 e. The van der Waals surface area contributed by atoms with Crippen molar-refractivity contribution in [3.63, 3.8) is 0 Å². The summed E-state index contributed by atoms with van der Waals surface area (Å²) in [5, 5.41) is 38.5. The Labute approximate surface area is 164 Å². The van der Waals surface area contributed by atoms with Crippen molar-refractivity contribution in [1.29, 1.82) is 21.2 Å². The van der Waals surface area contributed by atoms with Crippen LogP contribution < -0.4 is 9.47 Å². The predicted molar refractivity (Wildman–Crippen MR) is 102 cm³/mol. The first kappa shape index (κ1) is 19.4. The molecule has 2 atom stereocenters. The second-order valence-corrected chi connectivity index (χ2v) is 7.10. The zero-order valence-corrected chi connectivity index (χ0v) is 16.1. The Hall–Kier alpha value is -3.34. The van der Waals surface area contributed by atoms with E-state index in [9.17, 15) is 15.8 Å². The number of para-hydroxylation sites is 1. The van der Waals surface area contributed by atoms with E-state index >= 15 is 0 Å². The highest BCUT2D eigenvalue weighted by atomic mass is 16.5. The van der Waals surface area contributed by atoms with Gasteiger partial charge in [0.1, 0.15) is 6.07 Å². The first-order chi connectivity index (χ1) is 13.5. The summed E-state index contributed by atoms with van der Waals surface area (Å²) < 4.78 is 11.0. The summed E-state index contributed by atoms with van der Waals surface area (Å²) in [6, 6.07) is 11.6. The molecule has 0 bridgehead atoms. The van der Waals surface area contributed by atoms with Crippen molar-refractivity contribution >= 4 is 5.71 Å². The van der Waals surface area contributed by atoms with Gasteiger partial charge in [0.25, 0.3) is 0 Å². The molecule has 3 rings (SSSR count). The molecule has 0 aromatic heterocycles. The molecule has 1 aliphatic carbocycles. The lowest BCUT2D eigenvalue weighted by Crippen LogP contribution is -2.49. The third-order valence-electron chi connectivity index (χ3n) is 5.79. The third kappa shape index (κ3) is 2.62. The van der Waals surface area contributed by atoms with E-state index in [4.69, 9.17) is 14.9 Å². The minimum Gasteiger partial charge on any atom is -0.493 e. The second kappa shape index (κ2) is 7.35. The van der Waals surface area contributed by atoms with Crippen molar-refractivity contribution in [3.05, 3.63) is 34.9 Å². The highest BCUT2D eigenvalue weighted by molar-refractivity contribution is 6.11. The fourth-order valence-corrected chi connectivity index (χ4v) is 4.48. The zero-order chi connectivity index (χ0) is 20.5. The van der Waals surface area contributed by atoms with Gasteiger partial charge in [-0.15, -0.1) is 0 Å². The van der Waals surface area contributed by atoms with Crippen LogP contribution in [0.3, 0.4) is 0 Å². The van der Waals surface area contributed by atoms with Gasteiger partial charge in [0, 0.05) is 30.5 Å². The van der Waals surface area contributed by atoms with Gasteiger partial charge < -0.3 is 19.8 Å². The van der Waals surface area contributed by atoms with Gasteiger partial charge in [-0.2, -0.15) is 15.8 Å². The summed E-state index contributed by atoms with van der Waals surface area (Å²) >= 11 is 0. The molecule has 1 N–H and O–H groups in total. The maximum Gasteiger partial charge on any atom is 0.193 e. The van der Waals surface area contributed by atoms with Crippen LogP contribution in [0.5, 0.6) is 11.5 Å². The summed E-state index contributed by atoms with van der Waals surface area (Å²) in [6.07, 6.45) is 0.627. The second-order valence-electron chi connectivity index (χ2n) is 7.10. The Morgan fingerprint density at radius 1 is 1.18 bits per heavy atom. The van der Waals surface area contributed by atoms with Gasteiger partial charge in [-0.25, -0.2) is 0 Å². The quantitative estimate of drug-likeness (QED) is 0.868. The molecule has 1 fully saturated rings. The van der Waals surface area contributed by atoms with E-state index < -0.39 is 11.3 Å². The van der Waals surface area contributed by atoms with Gasteiger partial charge in [-0.3, -0.25) is 0 Å². The number of piperidine rings is 1. The Bertz CT molecular complexity index is 962. The average Bonchev–Trinajstić information content (AvgIpc) is 2.72. The van der Waals surface area contributed by atoms with Crippen LogP contribution in [-0.4, -0.2) is 45.0 Å². The Kier molecular flexibility index (Phi) is 5.10. The number of fused-ring (bicyclic) bond motifs is 1. The van der Waals surface area contributed by atoms with Crippen molar-refractivity contribution in [2.45, 2.75) is 12.3 Å². The number of hydrogen-bond donors (Lipinski definition) is 1. The normalized spacial score (nSPS) is 23.8. The molecule has 0 saturated carbocycles. The summed E-state index contributed by atoms with van der Waals surface area (Å²) in [7, 11) is 5.02. The molecule has 0 radical (unpaired) electrons. The molecule has 2 unspecified atom stereocenters. The number of hydrogen-bond acceptors (Lipinski definition) is 7. The highest BCUT2D eigenvalue weighted by Gasteiger charge is 2.56. The standard InChI is InChI=1S/C21H21N5O2/c1-26-8-7-13-15(9-22)20(25)21(11-23,12-24)18(16(13)10-26)14-5-4-6-17(27-2)19(14)28-3/h4-6,16,18,25H,7-8,10H2,1-3H3. The highest BCUT2D eigenvalue weighted by Crippen LogP contribution is 2.55. The van der Waals surface area contributed by atoms with Gasteiger partial charge >= 0.3 is 0 Å². The van der Waals surface area contributed by atoms with Gasteiger partial charge in [-0.1, -0.05) is 12.1 Å². The average molecular weight is 375 g/mol. The molecule has 142 valence electrons. The van der Waals surface area contributed by atoms with E-state index in [1.54, 1.807) is 12.1 Å². The van der Waals surface area contributed by atoms with Crippen molar-refractivity contribution in [2.24, 2.45) is 11.3 Å². The van der Waals surface area contributed by atoms with Crippen LogP contribution in [0.15, 0.2) is 29.3 Å². The fraction of sp³-hybridized carbons (Fsp3) is 0.429. The van der Waals surface area contributed by atoms with E-state index in [0.29, 0.717) is 30.0 Å². The monoisotopic (exact) mass is 375 g/mol. The summed E-state index contributed by atoms with van der Waals surface area (Å²) in [6.45, 7) is 1.35. The van der Waals surface area contributed by atoms with Crippen molar-refractivity contribution in [2.75, 3.05) is 34.4 Å². The number of likely N-dealkylation sites (tertiary alicyclic amines) is 1. The SMILES string of the molecule is COc1cccc(C2C3CN(C)CCC3=C(C#N)C(=N)C2(C#N)C#N)c1OC. The lowest BCUT2D eigenvalue weighted by atomic mass is 9.56. The molecule has 7 heteroatoms. The van der Waals surface area contributed by atoms with E-state index in [-0.39, 0.29) is 17.2 Å². The Morgan fingerprint density at radius 3 is 2.46 bits per heavy atom. The van der Waals surface area contributed by atoms with Crippen LogP contribution in [0.2, 0.25) is 0 Å². The van der Waals surface area contributed by atoms with Crippen LogP contribution in [0.1, 0.15) is 17.9 Å². The number of allylic oxidation sites excluding steroid dienone is 1. The van der Waals surface area contributed by atoms with Crippen LogP contribution in [0.4, 0.5) is 0 Å². The van der Waals surface area contributed by atoms with E-state index in [1.807, 2.05) is 13.1 Å². The minimum atomic E-state index is -1.78. The maximum absolute atomic E-state index is 10.1. The van der Waals surface area contributed by atoms with Crippen molar-refractivity contribution in [3.8, 4) is 29.7 Å². The van der Waals surface area contributed by atoms with Crippen molar-refractivity contribution < 1.29 is 9.47 Å². The first-order valence-electron chi connectivity index (χ1n) is 8.93. The number of methoxy groups -OCH3 is 2. The van der Waals surface area contributed by atoms with Gasteiger partial charge in [0.05, 0.1) is 37.6 Å². The lowest BCUT2D eigenvalue weighted by molar-refractivity contribution is 0.210. The number of benzene rings is 1. The number of nitrogens with one attached hydrogen (secondary N) is 1. The predicted octanol–water partition coefficient (Wildman–Crippen LogP) is 2.63. The summed E-state index contributed by atoms with van der Waals surface area (Å²) in [5.41, 5.74) is -0.326. The molecular weight excluding hydrogens is 354 g/mol. The summed E-state index contributed by atoms with van der Waals surface area (Å²) in [5.74, 6) is 0.0560. The molecular formula is C21H21N5O2. The van der Waals surface area contributed by atoms with E-state index in [1.165, 1.54) is 14.2 Å². The van der Waals surface area contributed by atoms with Crippen LogP contribution >= 0.6 is 0 Å². The Balaban J connectivity index is 2.36. The maximum atomic E-state index is 10.1. The van der Waals surface area contributed by atoms with Gasteiger partial charge in [-0.05, 0) is 25.1 Å². The molecule has 1 aromatic carbocycles.